The van der Waals surface area contributed by atoms with E-state index in [2.05, 4.69) is 53.9 Å². The maximum absolute atomic E-state index is 3.38. The molecule has 3 nitrogen and oxygen atoms in total. The van der Waals surface area contributed by atoms with E-state index in [9.17, 15) is 0 Å². The van der Waals surface area contributed by atoms with Crippen LogP contribution < -0.4 is 10.6 Å². The van der Waals surface area contributed by atoms with Crippen molar-refractivity contribution in [3.8, 4) is 0 Å². The van der Waals surface area contributed by atoms with Crippen LogP contribution in [0.25, 0.3) is 0 Å². The van der Waals surface area contributed by atoms with Gasteiger partial charge >= 0.3 is 0 Å². The SMILES string of the molecule is CNCc1ccc(NCCN(C)C)cc1. The Hall–Kier alpha value is -1.06. The van der Waals surface area contributed by atoms with Crippen molar-refractivity contribution < 1.29 is 0 Å². The minimum Gasteiger partial charge on any atom is -0.384 e. The molecular formula is C12H21N3. The van der Waals surface area contributed by atoms with Gasteiger partial charge in [0.2, 0.25) is 0 Å². The van der Waals surface area contributed by atoms with E-state index >= 15 is 0 Å². The van der Waals surface area contributed by atoms with E-state index in [0.29, 0.717) is 0 Å². The summed E-state index contributed by atoms with van der Waals surface area (Å²) in [6.45, 7) is 2.97. The standard InChI is InChI=1S/C12H21N3/c1-13-10-11-4-6-12(7-5-11)14-8-9-15(2)3/h4-7,13-14H,8-10H2,1-3H3. The van der Waals surface area contributed by atoms with Crippen LogP contribution in [0.2, 0.25) is 0 Å². The highest BCUT2D eigenvalue weighted by molar-refractivity contribution is 5.44. The van der Waals surface area contributed by atoms with Crippen molar-refractivity contribution in [2.75, 3.05) is 39.5 Å². The maximum Gasteiger partial charge on any atom is 0.0340 e. The molecule has 3 heteroatoms. The smallest absolute Gasteiger partial charge is 0.0340 e. The molecular weight excluding hydrogens is 186 g/mol. The average Bonchev–Trinajstić information content (AvgIpc) is 2.20. The summed E-state index contributed by atoms with van der Waals surface area (Å²) in [5.41, 5.74) is 2.51. The van der Waals surface area contributed by atoms with E-state index < -0.39 is 0 Å². The molecule has 0 aromatic heterocycles. The predicted molar refractivity (Wildman–Crippen MR) is 66.2 cm³/mol. The second-order valence-corrected chi connectivity index (χ2v) is 3.96. The van der Waals surface area contributed by atoms with Gasteiger partial charge < -0.3 is 15.5 Å². The molecule has 1 aromatic carbocycles. The Kier molecular flexibility index (Phi) is 5.15. The number of rotatable bonds is 6. The van der Waals surface area contributed by atoms with E-state index in [1.165, 1.54) is 11.3 Å². The van der Waals surface area contributed by atoms with Crippen LogP contribution in [0.3, 0.4) is 0 Å². The van der Waals surface area contributed by atoms with E-state index in [1.807, 2.05) is 7.05 Å². The molecule has 0 aliphatic heterocycles. The summed E-state index contributed by atoms with van der Waals surface area (Å²) in [5.74, 6) is 0. The van der Waals surface area contributed by atoms with Crippen LogP contribution in [-0.2, 0) is 6.54 Å². The molecule has 84 valence electrons. The van der Waals surface area contributed by atoms with Crippen molar-refractivity contribution in [2.45, 2.75) is 6.54 Å². The van der Waals surface area contributed by atoms with Gasteiger partial charge in [0.25, 0.3) is 0 Å². The van der Waals surface area contributed by atoms with Gasteiger partial charge in [-0.1, -0.05) is 12.1 Å². The fourth-order valence-electron chi connectivity index (χ4n) is 1.37. The topological polar surface area (TPSA) is 27.3 Å². The molecule has 2 N–H and O–H groups in total. The third-order valence-corrected chi connectivity index (χ3v) is 2.22. The largest absolute Gasteiger partial charge is 0.384 e. The van der Waals surface area contributed by atoms with Crippen molar-refractivity contribution in [3.63, 3.8) is 0 Å². The molecule has 0 amide bonds. The van der Waals surface area contributed by atoms with E-state index in [-0.39, 0.29) is 0 Å². The molecule has 1 aromatic rings. The Morgan fingerprint density at radius 2 is 1.80 bits per heavy atom. The summed E-state index contributed by atoms with van der Waals surface area (Å²) in [5, 5.41) is 6.52. The van der Waals surface area contributed by atoms with E-state index in [0.717, 1.165) is 19.6 Å². The van der Waals surface area contributed by atoms with Crippen LogP contribution in [0, 0.1) is 0 Å². The molecule has 0 aliphatic rings. The summed E-state index contributed by atoms with van der Waals surface area (Å²) in [4.78, 5) is 2.17. The molecule has 0 saturated carbocycles. The van der Waals surface area contributed by atoms with Gasteiger partial charge in [0.15, 0.2) is 0 Å². The number of likely N-dealkylation sites (N-methyl/N-ethyl adjacent to an activating group) is 1. The van der Waals surface area contributed by atoms with Crippen LogP contribution in [0.15, 0.2) is 24.3 Å². The number of nitrogens with one attached hydrogen (secondary N) is 2. The molecule has 0 atom stereocenters. The molecule has 0 saturated heterocycles. The summed E-state index contributed by atoms with van der Waals surface area (Å²) in [6, 6.07) is 8.55. The molecule has 0 bridgehead atoms. The van der Waals surface area contributed by atoms with Crippen molar-refractivity contribution in [2.24, 2.45) is 0 Å². The van der Waals surface area contributed by atoms with Gasteiger partial charge in [-0.3, -0.25) is 0 Å². The first-order chi connectivity index (χ1) is 7.22. The number of benzene rings is 1. The Bertz CT molecular complexity index is 267. The van der Waals surface area contributed by atoms with E-state index in [4.69, 9.17) is 0 Å². The Labute approximate surface area is 92.5 Å². The summed E-state index contributed by atoms with van der Waals surface area (Å²) >= 11 is 0. The van der Waals surface area contributed by atoms with Gasteiger partial charge in [-0.15, -0.1) is 0 Å². The second-order valence-electron chi connectivity index (χ2n) is 3.96. The lowest BCUT2D eigenvalue weighted by Crippen LogP contribution is -2.20. The average molecular weight is 207 g/mol. The van der Waals surface area contributed by atoms with Gasteiger partial charge in [-0.2, -0.15) is 0 Å². The third kappa shape index (κ3) is 4.81. The van der Waals surface area contributed by atoms with Crippen LogP contribution in [0.4, 0.5) is 5.69 Å². The quantitative estimate of drug-likeness (QED) is 0.738. The maximum atomic E-state index is 3.38. The lowest BCUT2D eigenvalue weighted by atomic mass is 10.2. The predicted octanol–water partition coefficient (Wildman–Crippen LogP) is 1.38. The zero-order chi connectivity index (χ0) is 11.1. The van der Waals surface area contributed by atoms with Crippen LogP contribution in [-0.4, -0.2) is 39.1 Å². The summed E-state index contributed by atoms with van der Waals surface area (Å²) in [7, 11) is 6.12. The molecule has 1 rings (SSSR count). The van der Waals surface area contributed by atoms with Gasteiger partial charge in [0.05, 0.1) is 0 Å². The summed E-state index contributed by atoms with van der Waals surface area (Å²) < 4.78 is 0. The minimum atomic E-state index is 0.929. The highest BCUT2D eigenvalue weighted by Gasteiger charge is 1.94. The zero-order valence-corrected chi connectivity index (χ0v) is 9.88. The molecule has 0 heterocycles. The van der Waals surface area contributed by atoms with E-state index in [1.54, 1.807) is 0 Å². The second kappa shape index (κ2) is 6.43. The number of anilines is 1. The zero-order valence-electron chi connectivity index (χ0n) is 9.88. The van der Waals surface area contributed by atoms with Crippen molar-refractivity contribution in [1.29, 1.82) is 0 Å². The number of hydrogen-bond donors (Lipinski definition) is 2. The first kappa shape index (κ1) is 12.0. The Balaban J connectivity index is 2.36. The fraction of sp³-hybridized carbons (Fsp3) is 0.500. The third-order valence-electron chi connectivity index (χ3n) is 2.22. The highest BCUT2D eigenvalue weighted by atomic mass is 15.1. The minimum absolute atomic E-state index is 0.929. The van der Waals surface area contributed by atoms with Gasteiger partial charge in [0.1, 0.15) is 0 Å². The van der Waals surface area contributed by atoms with Gasteiger partial charge in [-0.25, -0.2) is 0 Å². The number of hydrogen-bond acceptors (Lipinski definition) is 3. The van der Waals surface area contributed by atoms with Crippen LogP contribution in [0.5, 0.6) is 0 Å². The first-order valence-electron chi connectivity index (χ1n) is 5.34. The Morgan fingerprint density at radius 3 is 2.33 bits per heavy atom. The van der Waals surface area contributed by atoms with Crippen molar-refractivity contribution in [3.05, 3.63) is 29.8 Å². The Morgan fingerprint density at radius 1 is 1.13 bits per heavy atom. The molecule has 0 fully saturated rings. The number of nitrogens with zero attached hydrogens (tertiary/aromatic N) is 1. The lowest BCUT2D eigenvalue weighted by Gasteiger charge is -2.11. The molecule has 15 heavy (non-hydrogen) atoms. The first-order valence-corrected chi connectivity index (χ1v) is 5.34. The molecule has 0 spiro atoms. The fourth-order valence-corrected chi connectivity index (χ4v) is 1.37. The highest BCUT2D eigenvalue weighted by Crippen LogP contribution is 2.08. The normalized spacial score (nSPS) is 10.7. The van der Waals surface area contributed by atoms with Crippen LogP contribution in [0.1, 0.15) is 5.56 Å². The monoisotopic (exact) mass is 207 g/mol. The van der Waals surface area contributed by atoms with Crippen LogP contribution >= 0.6 is 0 Å². The summed E-state index contributed by atoms with van der Waals surface area (Å²) in [6.07, 6.45) is 0. The van der Waals surface area contributed by atoms with Crippen molar-refractivity contribution >= 4 is 5.69 Å². The molecule has 0 unspecified atom stereocenters. The van der Waals surface area contributed by atoms with Crippen molar-refractivity contribution in [1.82, 2.24) is 10.2 Å². The van der Waals surface area contributed by atoms with Gasteiger partial charge in [-0.05, 0) is 38.8 Å². The van der Waals surface area contributed by atoms with Gasteiger partial charge in [0, 0.05) is 25.3 Å². The molecule has 0 radical (unpaired) electrons. The lowest BCUT2D eigenvalue weighted by molar-refractivity contribution is 0.425. The molecule has 0 aliphatic carbocycles.